The van der Waals surface area contributed by atoms with Crippen molar-refractivity contribution in [2.24, 2.45) is 5.41 Å². The van der Waals surface area contributed by atoms with Crippen LogP contribution < -0.4 is 5.43 Å². The summed E-state index contributed by atoms with van der Waals surface area (Å²) in [6.45, 7) is 7.20. The molecule has 1 N–H and O–H groups in total. The Hall–Kier alpha value is -2.47. The molecule has 6 heteroatoms. The maximum atomic E-state index is 13.4. The average molecular weight is 397 g/mol. The van der Waals surface area contributed by atoms with Crippen LogP contribution in [0.15, 0.2) is 35.3 Å². The predicted molar refractivity (Wildman–Crippen MR) is 110 cm³/mol. The fourth-order valence-corrected chi connectivity index (χ4v) is 4.77. The molecule has 2 aliphatic rings. The molecule has 2 aliphatic heterocycles. The van der Waals surface area contributed by atoms with E-state index in [9.17, 15) is 14.0 Å². The van der Waals surface area contributed by atoms with Crippen LogP contribution >= 0.6 is 0 Å². The van der Waals surface area contributed by atoms with Crippen molar-refractivity contribution in [2.75, 3.05) is 19.6 Å². The predicted octanol–water partition coefficient (Wildman–Crippen LogP) is 3.15. The second-order valence-corrected chi connectivity index (χ2v) is 8.60. The quantitative estimate of drug-likeness (QED) is 0.862. The molecular weight excluding hydrogens is 369 g/mol. The highest BCUT2D eigenvalue weighted by Gasteiger charge is 2.48. The number of amides is 1. The first kappa shape index (κ1) is 19.8. The maximum absolute atomic E-state index is 13.4. The van der Waals surface area contributed by atoms with Gasteiger partial charge in [0.1, 0.15) is 5.82 Å². The summed E-state index contributed by atoms with van der Waals surface area (Å²) in [6.07, 6.45) is 4.51. The smallest absolute Gasteiger partial charge is 0.230 e. The number of halogens is 1. The van der Waals surface area contributed by atoms with Crippen molar-refractivity contribution in [3.8, 4) is 0 Å². The van der Waals surface area contributed by atoms with Gasteiger partial charge in [-0.15, -0.1) is 0 Å². The molecule has 2 saturated heterocycles. The minimum Gasteiger partial charge on any atom is -0.363 e. The van der Waals surface area contributed by atoms with E-state index in [0.29, 0.717) is 13.1 Å². The highest BCUT2D eigenvalue weighted by Crippen LogP contribution is 2.41. The maximum Gasteiger partial charge on any atom is 0.230 e. The van der Waals surface area contributed by atoms with Gasteiger partial charge in [0.25, 0.3) is 0 Å². The normalized spacial score (nSPS) is 22.6. The van der Waals surface area contributed by atoms with Crippen molar-refractivity contribution in [1.82, 2.24) is 14.8 Å². The fourth-order valence-electron chi connectivity index (χ4n) is 4.77. The third-order valence-electron chi connectivity index (χ3n) is 6.54. The van der Waals surface area contributed by atoms with E-state index in [-0.39, 0.29) is 22.6 Å². The van der Waals surface area contributed by atoms with Crippen molar-refractivity contribution in [3.05, 3.63) is 68.9 Å². The van der Waals surface area contributed by atoms with Gasteiger partial charge in [-0.05, 0) is 57.4 Å². The Morgan fingerprint density at radius 2 is 1.83 bits per heavy atom. The van der Waals surface area contributed by atoms with Gasteiger partial charge >= 0.3 is 0 Å². The number of aryl methyl sites for hydroxylation is 1. The summed E-state index contributed by atoms with van der Waals surface area (Å²) in [4.78, 5) is 33.0. The lowest BCUT2D eigenvalue weighted by Crippen LogP contribution is -2.49. The number of hydrogen-bond donors (Lipinski definition) is 1. The minimum absolute atomic E-state index is 0.0897. The number of H-pyrrole nitrogens is 1. The van der Waals surface area contributed by atoms with Gasteiger partial charge in [-0.2, -0.15) is 0 Å². The van der Waals surface area contributed by atoms with Crippen LogP contribution in [-0.4, -0.2) is 40.3 Å². The Bertz CT molecular complexity index is 969. The molecule has 3 heterocycles. The first-order valence-electron chi connectivity index (χ1n) is 10.3. The van der Waals surface area contributed by atoms with Crippen molar-refractivity contribution in [3.63, 3.8) is 0 Å². The number of pyridine rings is 1. The summed E-state index contributed by atoms with van der Waals surface area (Å²) in [6, 6.07) is 6.39. The van der Waals surface area contributed by atoms with E-state index in [2.05, 4.69) is 9.88 Å². The summed E-state index contributed by atoms with van der Waals surface area (Å²) in [7, 11) is 0. The highest BCUT2D eigenvalue weighted by molar-refractivity contribution is 5.84. The van der Waals surface area contributed by atoms with E-state index in [1.54, 1.807) is 18.3 Å². The molecule has 0 saturated carbocycles. The van der Waals surface area contributed by atoms with E-state index in [1.165, 1.54) is 12.1 Å². The van der Waals surface area contributed by atoms with Gasteiger partial charge in [-0.25, -0.2) is 4.39 Å². The van der Waals surface area contributed by atoms with Crippen LogP contribution in [0.2, 0.25) is 0 Å². The number of nitrogens with zero attached hydrogens (tertiary/aromatic N) is 2. The van der Waals surface area contributed by atoms with Crippen molar-refractivity contribution >= 4 is 5.91 Å². The average Bonchev–Trinajstić information content (AvgIpc) is 3.11. The van der Waals surface area contributed by atoms with Crippen LogP contribution in [0.5, 0.6) is 0 Å². The number of aromatic nitrogens is 1. The van der Waals surface area contributed by atoms with Crippen LogP contribution in [0.1, 0.15) is 41.6 Å². The lowest BCUT2D eigenvalue weighted by molar-refractivity contribution is -0.146. The molecule has 2 aromatic rings. The molecule has 1 aromatic carbocycles. The van der Waals surface area contributed by atoms with Gasteiger partial charge in [0.15, 0.2) is 5.43 Å². The van der Waals surface area contributed by atoms with E-state index in [0.717, 1.165) is 61.3 Å². The molecule has 2 fully saturated rings. The number of benzene rings is 1. The lowest BCUT2D eigenvalue weighted by atomic mass is 9.78. The third kappa shape index (κ3) is 3.86. The van der Waals surface area contributed by atoms with Gasteiger partial charge in [-0.1, -0.05) is 12.1 Å². The molecule has 0 bridgehead atoms. The van der Waals surface area contributed by atoms with E-state index < -0.39 is 0 Å². The Morgan fingerprint density at radius 3 is 2.59 bits per heavy atom. The number of aromatic amines is 1. The van der Waals surface area contributed by atoms with Gasteiger partial charge < -0.3 is 9.88 Å². The monoisotopic (exact) mass is 397 g/mol. The Morgan fingerprint density at radius 1 is 1.07 bits per heavy atom. The summed E-state index contributed by atoms with van der Waals surface area (Å²) < 4.78 is 13.2. The first-order chi connectivity index (χ1) is 13.9. The van der Waals surface area contributed by atoms with E-state index in [4.69, 9.17) is 0 Å². The number of hydrogen-bond acceptors (Lipinski definition) is 3. The van der Waals surface area contributed by atoms with Crippen molar-refractivity contribution < 1.29 is 9.18 Å². The summed E-state index contributed by atoms with van der Waals surface area (Å²) in [5, 5.41) is 0. The Labute approximate surface area is 170 Å². The third-order valence-corrected chi connectivity index (χ3v) is 6.54. The molecule has 1 amide bonds. The Kier molecular flexibility index (Phi) is 5.30. The summed E-state index contributed by atoms with van der Waals surface area (Å²) >= 11 is 0. The molecule has 0 aliphatic carbocycles. The van der Waals surface area contributed by atoms with Crippen molar-refractivity contribution in [2.45, 2.75) is 46.2 Å². The van der Waals surface area contributed by atoms with E-state index >= 15 is 0 Å². The molecule has 154 valence electrons. The number of rotatable bonds is 4. The number of nitrogens with one attached hydrogen (secondary N) is 1. The summed E-state index contributed by atoms with van der Waals surface area (Å²) in [5.41, 5.74) is 3.13. The van der Waals surface area contributed by atoms with Crippen LogP contribution in [0.4, 0.5) is 4.39 Å². The van der Waals surface area contributed by atoms with Gasteiger partial charge in [0.2, 0.25) is 5.91 Å². The number of carbonyl (C=O) groups is 1. The van der Waals surface area contributed by atoms with Gasteiger partial charge in [0.05, 0.1) is 5.41 Å². The zero-order chi connectivity index (χ0) is 20.6. The molecule has 29 heavy (non-hydrogen) atoms. The molecule has 1 aromatic heterocycles. The topological polar surface area (TPSA) is 56.4 Å². The van der Waals surface area contributed by atoms with Gasteiger partial charge in [0, 0.05) is 49.2 Å². The SMILES string of the molecule is Cc1c[nH]c(CN2CC[C@]3(CCCN(Cc4ccc(F)cc4)C3=O)C2)c(C)c1=O. The molecule has 4 rings (SSSR count). The molecule has 0 unspecified atom stereocenters. The summed E-state index contributed by atoms with van der Waals surface area (Å²) in [5.74, 6) is -0.0456. The minimum atomic E-state index is -0.336. The molecule has 5 nitrogen and oxygen atoms in total. The second kappa shape index (κ2) is 7.75. The lowest BCUT2D eigenvalue weighted by Gasteiger charge is -2.39. The Balaban J connectivity index is 1.46. The largest absolute Gasteiger partial charge is 0.363 e. The molecular formula is C23H28FN3O2. The zero-order valence-electron chi connectivity index (χ0n) is 17.1. The van der Waals surface area contributed by atoms with Crippen molar-refractivity contribution in [1.29, 1.82) is 0 Å². The molecule has 1 atom stereocenters. The number of piperidine rings is 1. The standard InChI is InChI=1S/C23H28FN3O2/c1-16-12-25-20(17(2)21(16)28)14-26-11-9-23(15-26)8-3-10-27(22(23)29)13-18-4-6-19(24)7-5-18/h4-7,12H,3,8-11,13-15H2,1-2H3,(H,25,28)/t23-/m1/s1. The molecule has 1 spiro atoms. The van der Waals surface area contributed by atoms with Crippen LogP contribution in [0, 0.1) is 25.1 Å². The number of likely N-dealkylation sites (tertiary alicyclic amines) is 2. The first-order valence-corrected chi connectivity index (χ1v) is 10.3. The second-order valence-electron chi connectivity index (χ2n) is 8.60. The fraction of sp³-hybridized carbons (Fsp3) is 0.478. The molecule has 0 radical (unpaired) electrons. The van der Waals surface area contributed by atoms with E-state index in [1.807, 2.05) is 18.7 Å². The van der Waals surface area contributed by atoms with Crippen LogP contribution in [-0.2, 0) is 17.9 Å². The zero-order valence-corrected chi connectivity index (χ0v) is 17.1. The van der Waals surface area contributed by atoms with Gasteiger partial charge in [-0.3, -0.25) is 14.5 Å². The highest BCUT2D eigenvalue weighted by atomic mass is 19.1. The van der Waals surface area contributed by atoms with Crippen LogP contribution in [0.25, 0.3) is 0 Å². The number of carbonyl (C=O) groups excluding carboxylic acids is 1. The van der Waals surface area contributed by atoms with Crippen LogP contribution in [0.3, 0.4) is 0 Å².